The minimum atomic E-state index is -0.274. The van der Waals surface area contributed by atoms with Gasteiger partial charge in [-0.25, -0.2) is 0 Å². The van der Waals surface area contributed by atoms with E-state index < -0.39 is 0 Å². The first-order valence-corrected chi connectivity index (χ1v) is 10.9. The fraction of sp³-hybridized carbons (Fsp3) is 0.231. The van der Waals surface area contributed by atoms with Crippen molar-refractivity contribution >= 4 is 23.2 Å². The summed E-state index contributed by atoms with van der Waals surface area (Å²) >= 11 is 0. The molecule has 0 spiro atoms. The average Bonchev–Trinajstić information content (AvgIpc) is 3.27. The van der Waals surface area contributed by atoms with Gasteiger partial charge in [0.05, 0.1) is 17.8 Å². The highest BCUT2D eigenvalue weighted by Gasteiger charge is 2.17. The zero-order chi connectivity index (χ0) is 23.2. The van der Waals surface area contributed by atoms with Crippen molar-refractivity contribution in [3.63, 3.8) is 0 Å². The second-order valence-electron chi connectivity index (χ2n) is 7.91. The molecule has 33 heavy (non-hydrogen) atoms. The van der Waals surface area contributed by atoms with Crippen molar-refractivity contribution in [2.75, 3.05) is 30.5 Å². The van der Waals surface area contributed by atoms with E-state index in [9.17, 15) is 9.59 Å². The molecule has 3 aromatic rings. The summed E-state index contributed by atoms with van der Waals surface area (Å²) in [6, 6.07) is 20.4. The molecule has 3 aromatic carbocycles. The van der Waals surface area contributed by atoms with Gasteiger partial charge >= 0.3 is 0 Å². The van der Waals surface area contributed by atoms with Crippen molar-refractivity contribution in [2.24, 2.45) is 0 Å². The summed E-state index contributed by atoms with van der Waals surface area (Å²) in [5.41, 5.74) is 3.68. The van der Waals surface area contributed by atoms with Crippen molar-refractivity contribution in [3.8, 4) is 11.5 Å². The molecular formula is C26H27N3O4. The van der Waals surface area contributed by atoms with Gasteiger partial charge in [0, 0.05) is 12.2 Å². The molecule has 1 heterocycles. The number of amides is 2. The molecule has 0 aliphatic carbocycles. The Morgan fingerprint density at radius 1 is 0.939 bits per heavy atom. The van der Waals surface area contributed by atoms with Crippen LogP contribution >= 0.6 is 0 Å². The third kappa shape index (κ3) is 5.70. The van der Waals surface area contributed by atoms with Crippen LogP contribution in [0.3, 0.4) is 0 Å². The normalized spacial score (nSPS) is 12.0. The van der Waals surface area contributed by atoms with Gasteiger partial charge in [-0.3, -0.25) is 14.5 Å². The van der Waals surface area contributed by atoms with E-state index in [1.54, 1.807) is 24.3 Å². The third-order valence-corrected chi connectivity index (χ3v) is 5.38. The number of nitrogens with one attached hydrogen (secondary N) is 2. The lowest BCUT2D eigenvalue weighted by Gasteiger charge is -2.20. The SMILES string of the molecule is CCN(CC(=O)Nc1ccccc1C(=O)Nc1cccc(C)c1)Cc1ccc2c(c1)OCO2. The van der Waals surface area contributed by atoms with Crippen molar-refractivity contribution in [3.05, 3.63) is 83.4 Å². The van der Waals surface area contributed by atoms with Crippen LogP contribution < -0.4 is 20.1 Å². The number of para-hydroxylation sites is 1. The fourth-order valence-electron chi connectivity index (χ4n) is 3.68. The van der Waals surface area contributed by atoms with Crippen LogP contribution in [0.25, 0.3) is 0 Å². The molecule has 0 radical (unpaired) electrons. The maximum atomic E-state index is 12.8. The van der Waals surface area contributed by atoms with Crippen LogP contribution in [-0.4, -0.2) is 36.6 Å². The summed E-state index contributed by atoms with van der Waals surface area (Å²) in [5, 5.41) is 5.79. The van der Waals surface area contributed by atoms with Crippen LogP contribution in [0.1, 0.15) is 28.4 Å². The van der Waals surface area contributed by atoms with E-state index in [1.807, 2.05) is 61.2 Å². The van der Waals surface area contributed by atoms with Crippen LogP contribution in [0.15, 0.2) is 66.7 Å². The average molecular weight is 446 g/mol. The predicted octanol–water partition coefficient (Wildman–Crippen LogP) is 4.44. The number of fused-ring (bicyclic) bond motifs is 1. The molecule has 4 rings (SSSR count). The fourth-order valence-corrected chi connectivity index (χ4v) is 3.68. The molecule has 170 valence electrons. The Bertz CT molecular complexity index is 1160. The summed E-state index contributed by atoms with van der Waals surface area (Å²) in [6.07, 6.45) is 0. The molecule has 0 unspecified atom stereocenters. The second kappa shape index (κ2) is 10.2. The first-order chi connectivity index (χ1) is 16.0. The number of anilines is 2. The molecule has 0 saturated carbocycles. The van der Waals surface area contributed by atoms with Crippen LogP contribution in [-0.2, 0) is 11.3 Å². The van der Waals surface area contributed by atoms with Gasteiger partial charge in [0.15, 0.2) is 11.5 Å². The Kier molecular flexibility index (Phi) is 6.90. The molecule has 7 nitrogen and oxygen atoms in total. The smallest absolute Gasteiger partial charge is 0.257 e. The summed E-state index contributed by atoms with van der Waals surface area (Å²) in [5.74, 6) is 0.999. The van der Waals surface area contributed by atoms with Gasteiger partial charge in [0.1, 0.15) is 0 Å². The van der Waals surface area contributed by atoms with E-state index in [4.69, 9.17) is 9.47 Å². The van der Waals surface area contributed by atoms with Gasteiger partial charge < -0.3 is 20.1 Å². The van der Waals surface area contributed by atoms with Crippen LogP contribution in [0.2, 0.25) is 0 Å². The first-order valence-electron chi connectivity index (χ1n) is 10.9. The Balaban J connectivity index is 1.40. The first kappa shape index (κ1) is 22.4. The van der Waals surface area contributed by atoms with Crippen LogP contribution in [0, 0.1) is 6.92 Å². The number of aryl methyl sites for hydroxylation is 1. The number of benzene rings is 3. The molecular weight excluding hydrogens is 418 g/mol. The monoisotopic (exact) mass is 445 g/mol. The molecule has 0 atom stereocenters. The van der Waals surface area contributed by atoms with Gasteiger partial charge in [-0.05, 0) is 61.0 Å². The molecule has 2 N–H and O–H groups in total. The lowest BCUT2D eigenvalue weighted by atomic mass is 10.1. The maximum absolute atomic E-state index is 12.8. The number of ether oxygens (including phenoxy) is 2. The zero-order valence-electron chi connectivity index (χ0n) is 18.8. The number of carbonyl (C=O) groups excluding carboxylic acids is 2. The van der Waals surface area contributed by atoms with Crippen molar-refractivity contribution < 1.29 is 19.1 Å². The predicted molar refractivity (Wildman–Crippen MR) is 128 cm³/mol. The van der Waals surface area contributed by atoms with Gasteiger partial charge in [0.25, 0.3) is 5.91 Å². The van der Waals surface area contributed by atoms with Crippen molar-refractivity contribution in [1.29, 1.82) is 0 Å². The van der Waals surface area contributed by atoms with E-state index in [0.29, 0.717) is 30.0 Å². The van der Waals surface area contributed by atoms with Gasteiger partial charge in [0.2, 0.25) is 12.7 Å². The summed E-state index contributed by atoms with van der Waals surface area (Å²) in [4.78, 5) is 27.7. The number of hydrogen-bond acceptors (Lipinski definition) is 5. The highest BCUT2D eigenvalue weighted by Crippen LogP contribution is 2.32. The minimum Gasteiger partial charge on any atom is -0.454 e. The molecule has 2 amide bonds. The number of rotatable bonds is 8. The summed E-state index contributed by atoms with van der Waals surface area (Å²) < 4.78 is 10.8. The Morgan fingerprint density at radius 2 is 1.76 bits per heavy atom. The second-order valence-corrected chi connectivity index (χ2v) is 7.91. The zero-order valence-corrected chi connectivity index (χ0v) is 18.8. The van der Waals surface area contributed by atoms with Crippen LogP contribution in [0.4, 0.5) is 11.4 Å². The highest BCUT2D eigenvalue weighted by atomic mass is 16.7. The summed E-state index contributed by atoms with van der Waals surface area (Å²) in [6.45, 7) is 5.68. The third-order valence-electron chi connectivity index (χ3n) is 5.38. The van der Waals surface area contributed by atoms with Crippen molar-refractivity contribution in [1.82, 2.24) is 4.90 Å². The standard InChI is InChI=1S/C26H27N3O4/c1-3-29(15-19-11-12-23-24(14-19)33-17-32-23)16-25(30)28-22-10-5-4-9-21(22)26(31)27-20-8-6-7-18(2)13-20/h4-14H,3,15-17H2,1-2H3,(H,27,31)(H,28,30). The maximum Gasteiger partial charge on any atom is 0.257 e. The van der Waals surface area contributed by atoms with Crippen molar-refractivity contribution in [2.45, 2.75) is 20.4 Å². The van der Waals surface area contributed by atoms with Gasteiger partial charge in [-0.1, -0.05) is 37.3 Å². The molecule has 1 aliphatic rings. The number of hydrogen-bond donors (Lipinski definition) is 2. The van der Waals surface area contributed by atoms with E-state index in [-0.39, 0.29) is 25.2 Å². The van der Waals surface area contributed by atoms with E-state index in [2.05, 4.69) is 10.6 Å². The Morgan fingerprint density at radius 3 is 2.58 bits per heavy atom. The highest BCUT2D eigenvalue weighted by molar-refractivity contribution is 6.10. The lowest BCUT2D eigenvalue weighted by Crippen LogP contribution is -2.33. The van der Waals surface area contributed by atoms with Gasteiger partial charge in [-0.2, -0.15) is 0 Å². The number of nitrogens with zero attached hydrogens (tertiary/aromatic N) is 1. The van der Waals surface area contributed by atoms with E-state index >= 15 is 0 Å². The molecule has 0 saturated heterocycles. The molecule has 0 fully saturated rings. The molecule has 0 aromatic heterocycles. The summed E-state index contributed by atoms with van der Waals surface area (Å²) in [7, 11) is 0. The van der Waals surface area contributed by atoms with E-state index in [1.165, 1.54) is 0 Å². The largest absolute Gasteiger partial charge is 0.454 e. The lowest BCUT2D eigenvalue weighted by molar-refractivity contribution is -0.117. The Hall–Kier alpha value is -3.84. The molecule has 1 aliphatic heterocycles. The Labute approximate surface area is 193 Å². The van der Waals surface area contributed by atoms with Gasteiger partial charge in [-0.15, -0.1) is 0 Å². The topological polar surface area (TPSA) is 79.9 Å². The molecule has 7 heteroatoms. The molecule has 0 bridgehead atoms. The minimum absolute atomic E-state index is 0.187. The quantitative estimate of drug-likeness (QED) is 0.536. The van der Waals surface area contributed by atoms with E-state index in [0.717, 1.165) is 22.6 Å². The number of carbonyl (C=O) groups is 2. The number of likely N-dealkylation sites (N-methyl/N-ethyl adjacent to an activating group) is 1. The van der Waals surface area contributed by atoms with Crippen LogP contribution in [0.5, 0.6) is 11.5 Å².